The van der Waals surface area contributed by atoms with Crippen molar-refractivity contribution in [3.8, 4) is 5.75 Å². The normalized spacial score (nSPS) is 19.6. The number of pyridine rings is 1. The van der Waals surface area contributed by atoms with Gasteiger partial charge in [0.1, 0.15) is 11.4 Å². The minimum Gasteiger partial charge on any atom is -0.506 e. The molecule has 0 radical (unpaired) electrons. The molecule has 1 aromatic rings. The monoisotopic (exact) mass is 213 g/mol. The molecule has 5 heteroatoms. The van der Waals surface area contributed by atoms with Crippen LogP contribution in [0.2, 0.25) is 0 Å². The van der Waals surface area contributed by atoms with Crippen LogP contribution in [0, 0.1) is 5.92 Å². The second kappa shape index (κ2) is 3.25. The quantitative estimate of drug-likeness (QED) is 0.764. The SMILES string of the molecule is O=C(c1ccc(O)cn1)C1CC(F)(F)C1. The van der Waals surface area contributed by atoms with Gasteiger partial charge in [0.25, 0.3) is 0 Å². The number of aromatic hydroxyl groups is 1. The summed E-state index contributed by atoms with van der Waals surface area (Å²) in [5.41, 5.74) is 0.133. The minimum absolute atomic E-state index is 0.0505. The van der Waals surface area contributed by atoms with E-state index in [0.717, 1.165) is 6.20 Å². The van der Waals surface area contributed by atoms with E-state index in [2.05, 4.69) is 4.98 Å². The summed E-state index contributed by atoms with van der Waals surface area (Å²) in [6.45, 7) is 0. The lowest BCUT2D eigenvalue weighted by atomic mass is 9.77. The summed E-state index contributed by atoms with van der Waals surface area (Å²) >= 11 is 0. The highest BCUT2D eigenvalue weighted by atomic mass is 19.3. The number of hydrogen-bond donors (Lipinski definition) is 1. The molecule has 1 aliphatic rings. The highest BCUT2D eigenvalue weighted by Crippen LogP contribution is 2.43. The maximum Gasteiger partial charge on any atom is 0.249 e. The molecule has 0 aromatic carbocycles. The molecule has 1 aromatic heterocycles. The number of halogens is 2. The van der Waals surface area contributed by atoms with Crippen molar-refractivity contribution in [3.05, 3.63) is 24.0 Å². The molecule has 1 fully saturated rings. The lowest BCUT2D eigenvalue weighted by molar-refractivity contribution is -0.0983. The zero-order valence-electron chi connectivity index (χ0n) is 7.78. The molecule has 1 aliphatic carbocycles. The van der Waals surface area contributed by atoms with Crippen molar-refractivity contribution in [1.29, 1.82) is 0 Å². The Labute approximate surface area is 84.8 Å². The van der Waals surface area contributed by atoms with Crippen LogP contribution in [0.5, 0.6) is 5.75 Å². The van der Waals surface area contributed by atoms with Gasteiger partial charge in [-0.3, -0.25) is 4.79 Å². The van der Waals surface area contributed by atoms with Gasteiger partial charge in [0.15, 0.2) is 5.78 Å². The van der Waals surface area contributed by atoms with Crippen molar-refractivity contribution >= 4 is 5.78 Å². The van der Waals surface area contributed by atoms with Crippen LogP contribution in [0.1, 0.15) is 23.3 Å². The van der Waals surface area contributed by atoms with Crippen LogP contribution >= 0.6 is 0 Å². The largest absolute Gasteiger partial charge is 0.506 e. The van der Waals surface area contributed by atoms with Crippen molar-refractivity contribution < 1.29 is 18.7 Å². The van der Waals surface area contributed by atoms with E-state index >= 15 is 0 Å². The first kappa shape index (κ1) is 10.0. The Hall–Kier alpha value is -1.52. The summed E-state index contributed by atoms with van der Waals surface area (Å²) in [7, 11) is 0. The summed E-state index contributed by atoms with van der Waals surface area (Å²) in [6, 6.07) is 2.66. The van der Waals surface area contributed by atoms with E-state index in [1.54, 1.807) is 0 Å². The van der Waals surface area contributed by atoms with Gasteiger partial charge < -0.3 is 5.11 Å². The van der Waals surface area contributed by atoms with Gasteiger partial charge in [0.2, 0.25) is 5.92 Å². The average Bonchev–Trinajstić information content (AvgIpc) is 2.14. The molecule has 15 heavy (non-hydrogen) atoms. The molecule has 1 N–H and O–H groups in total. The van der Waals surface area contributed by atoms with Crippen LogP contribution in [0.4, 0.5) is 8.78 Å². The van der Waals surface area contributed by atoms with E-state index in [4.69, 9.17) is 5.11 Å². The van der Waals surface area contributed by atoms with Gasteiger partial charge in [-0.05, 0) is 12.1 Å². The van der Waals surface area contributed by atoms with Crippen molar-refractivity contribution in [2.45, 2.75) is 18.8 Å². The molecule has 0 saturated heterocycles. The minimum atomic E-state index is -2.70. The van der Waals surface area contributed by atoms with Gasteiger partial charge in [-0.2, -0.15) is 0 Å². The van der Waals surface area contributed by atoms with Crippen molar-refractivity contribution in [2.75, 3.05) is 0 Å². The van der Waals surface area contributed by atoms with Crippen LogP contribution in [-0.2, 0) is 0 Å². The predicted molar refractivity (Wildman–Crippen MR) is 47.9 cm³/mol. The number of carbonyl (C=O) groups excluding carboxylic acids is 1. The molecule has 0 aliphatic heterocycles. The van der Waals surface area contributed by atoms with Crippen molar-refractivity contribution in [1.82, 2.24) is 4.98 Å². The Balaban J connectivity index is 2.07. The average molecular weight is 213 g/mol. The van der Waals surface area contributed by atoms with Crippen LogP contribution in [0.3, 0.4) is 0 Å². The molecule has 3 nitrogen and oxygen atoms in total. The number of Topliss-reactive ketones (excluding diaryl/α,β-unsaturated/α-hetero) is 1. The Bertz CT molecular complexity index is 381. The third kappa shape index (κ3) is 1.95. The van der Waals surface area contributed by atoms with Gasteiger partial charge in [0.05, 0.1) is 6.20 Å². The third-order valence-corrected chi connectivity index (χ3v) is 2.46. The second-order valence-corrected chi connectivity index (χ2v) is 3.73. The molecule has 1 heterocycles. The molecule has 2 rings (SSSR count). The molecular weight excluding hydrogens is 204 g/mol. The maximum absolute atomic E-state index is 12.5. The van der Waals surface area contributed by atoms with Crippen LogP contribution in [0.15, 0.2) is 18.3 Å². The molecule has 1 saturated carbocycles. The number of hydrogen-bond acceptors (Lipinski definition) is 3. The zero-order chi connectivity index (χ0) is 11.1. The van der Waals surface area contributed by atoms with E-state index in [9.17, 15) is 13.6 Å². The van der Waals surface area contributed by atoms with E-state index in [-0.39, 0.29) is 17.2 Å². The molecule has 80 valence electrons. The fourth-order valence-corrected chi connectivity index (χ4v) is 1.59. The summed E-state index contributed by atoms with van der Waals surface area (Å²) in [5.74, 6) is -3.75. The number of aromatic nitrogens is 1. The van der Waals surface area contributed by atoms with E-state index in [1.807, 2.05) is 0 Å². The zero-order valence-corrected chi connectivity index (χ0v) is 7.78. The van der Waals surface area contributed by atoms with Gasteiger partial charge >= 0.3 is 0 Å². The Kier molecular flexibility index (Phi) is 2.17. The molecule has 0 bridgehead atoms. The van der Waals surface area contributed by atoms with Gasteiger partial charge in [-0.1, -0.05) is 0 Å². The molecule has 0 spiro atoms. The van der Waals surface area contributed by atoms with Crippen molar-refractivity contribution in [2.24, 2.45) is 5.92 Å². The fraction of sp³-hybridized carbons (Fsp3) is 0.400. The molecule has 0 unspecified atom stereocenters. The van der Waals surface area contributed by atoms with Crippen LogP contribution < -0.4 is 0 Å². The standard InChI is InChI=1S/C10H9F2NO2/c11-10(12)3-6(4-10)9(15)8-2-1-7(14)5-13-8/h1-2,5-6,14H,3-4H2. The molecular formula is C10H9F2NO2. The second-order valence-electron chi connectivity index (χ2n) is 3.73. The first-order valence-electron chi connectivity index (χ1n) is 4.55. The fourth-order valence-electron chi connectivity index (χ4n) is 1.59. The van der Waals surface area contributed by atoms with E-state index in [1.165, 1.54) is 12.1 Å². The number of rotatable bonds is 2. The number of nitrogens with zero attached hydrogens (tertiary/aromatic N) is 1. The predicted octanol–water partition coefficient (Wildman–Crippen LogP) is 2.02. The summed E-state index contributed by atoms with van der Waals surface area (Å²) < 4.78 is 25.0. The number of carbonyl (C=O) groups is 1. The van der Waals surface area contributed by atoms with Gasteiger partial charge in [-0.25, -0.2) is 13.8 Å². The third-order valence-electron chi connectivity index (χ3n) is 2.46. The highest BCUT2D eigenvalue weighted by molar-refractivity contribution is 5.96. The summed E-state index contributed by atoms with van der Waals surface area (Å²) in [6.07, 6.45) is 0.340. The summed E-state index contributed by atoms with van der Waals surface area (Å²) in [4.78, 5) is 15.2. The van der Waals surface area contributed by atoms with Gasteiger partial charge in [-0.15, -0.1) is 0 Å². The maximum atomic E-state index is 12.5. The van der Waals surface area contributed by atoms with Crippen LogP contribution in [-0.4, -0.2) is 21.8 Å². The Morgan fingerprint density at radius 1 is 1.47 bits per heavy atom. The number of alkyl halides is 2. The van der Waals surface area contributed by atoms with E-state index in [0.29, 0.717) is 0 Å². The topological polar surface area (TPSA) is 50.2 Å². The van der Waals surface area contributed by atoms with Gasteiger partial charge in [0, 0.05) is 18.8 Å². The lowest BCUT2D eigenvalue weighted by Crippen LogP contribution is -2.40. The van der Waals surface area contributed by atoms with Crippen LogP contribution in [0.25, 0.3) is 0 Å². The molecule has 0 amide bonds. The van der Waals surface area contributed by atoms with E-state index < -0.39 is 24.7 Å². The summed E-state index contributed by atoms with van der Waals surface area (Å²) in [5, 5.41) is 8.94. The first-order chi connectivity index (χ1) is 6.98. The Morgan fingerprint density at radius 3 is 2.60 bits per heavy atom. The first-order valence-corrected chi connectivity index (χ1v) is 4.55. The number of ketones is 1. The highest BCUT2D eigenvalue weighted by Gasteiger charge is 2.48. The smallest absolute Gasteiger partial charge is 0.249 e. The Morgan fingerprint density at radius 2 is 2.13 bits per heavy atom. The molecule has 0 atom stereocenters. The van der Waals surface area contributed by atoms with Crippen molar-refractivity contribution in [3.63, 3.8) is 0 Å². The lowest BCUT2D eigenvalue weighted by Gasteiger charge is -2.33.